The molecule has 0 saturated carbocycles. The molecular formula is C6H9ClN3O3P. The van der Waals surface area contributed by atoms with Crippen molar-refractivity contribution in [1.82, 2.24) is 0 Å². The van der Waals surface area contributed by atoms with Gasteiger partial charge in [0.05, 0.1) is 5.02 Å². The standard InChI is InChI=1S/C6H9ClN3O3P/c7-4-1-3(8)2-5(11)6(4)10-14(9,12)13/h1-2,11H,8H2,(H4,9,10,12,13). The van der Waals surface area contributed by atoms with Crippen molar-refractivity contribution < 1.29 is 14.6 Å². The first-order chi connectivity index (χ1) is 6.29. The van der Waals surface area contributed by atoms with E-state index in [9.17, 15) is 9.67 Å². The molecule has 7 N–H and O–H groups in total. The summed E-state index contributed by atoms with van der Waals surface area (Å²) in [5, 5.41) is 11.3. The van der Waals surface area contributed by atoms with Crippen LogP contribution in [0.5, 0.6) is 5.75 Å². The average molecular weight is 238 g/mol. The Morgan fingerprint density at radius 1 is 1.50 bits per heavy atom. The van der Waals surface area contributed by atoms with E-state index in [-0.39, 0.29) is 22.1 Å². The molecule has 6 nitrogen and oxygen atoms in total. The lowest BCUT2D eigenvalue weighted by atomic mass is 10.2. The zero-order valence-corrected chi connectivity index (χ0v) is 8.59. The fourth-order valence-electron chi connectivity index (χ4n) is 0.883. The molecule has 1 unspecified atom stereocenters. The third-order valence-corrected chi connectivity index (χ3v) is 2.21. The van der Waals surface area contributed by atoms with Crippen LogP contribution in [0.2, 0.25) is 5.02 Å². The Balaban J connectivity index is 3.15. The van der Waals surface area contributed by atoms with Crippen molar-refractivity contribution in [2.45, 2.75) is 0 Å². The van der Waals surface area contributed by atoms with E-state index in [1.807, 2.05) is 5.09 Å². The predicted molar refractivity (Wildman–Crippen MR) is 55.2 cm³/mol. The van der Waals surface area contributed by atoms with Gasteiger partial charge in [0, 0.05) is 11.8 Å². The topological polar surface area (TPSA) is 122 Å². The van der Waals surface area contributed by atoms with Crippen LogP contribution >= 0.6 is 19.3 Å². The monoisotopic (exact) mass is 237 g/mol. The maximum Gasteiger partial charge on any atom is 0.360 e. The lowest BCUT2D eigenvalue weighted by molar-refractivity contribution is 0.473. The van der Waals surface area contributed by atoms with Crippen molar-refractivity contribution in [1.29, 1.82) is 0 Å². The Kier molecular flexibility index (Phi) is 2.92. The highest BCUT2D eigenvalue weighted by Gasteiger charge is 2.16. The Hall–Kier alpha value is -0.940. The molecule has 0 aliphatic carbocycles. The van der Waals surface area contributed by atoms with Gasteiger partial charge in [0.1, 0.15) is 11.4 Å². The van der Waals surface area contributed by atoms with Gasteiger partial charge in [0.2, 0.25) is 0 Å². The van der Waals surface area contributed by atoms with Crippen LogP contribution < -0.4 is 16.3 Å². The maximum atomic E-state index is 10.8. The predicted octanol–water partition coefficient (Wildman–Crippen LogP) is 1.10. The highest BCUT2D eigenvalue weighted by molar-refractivity contribution is 7.57. The molecule has 0 aromatic heterocycles. The maximum absolute atomic E-state index is 10.8. The van der Waals surface area contributed by atoms with E-state index < -0.39 is 7.67 Å². The molecule has 1 rings (SSSR count). The number of nitrogen functional groups attached to an aromatic ring is 1. The molecule has 78 valence electrons. The van der Waals surface area contributed by atoms with Gasteiger partial charge in [-0.25, -0.2) is 10.1 Å². The second kappa shape index (κ2) is 3.67. The Morgan fingerprint density at radius 2 is 2.07 bits per heavy atom. The van der Waals surface area contributed by atoms with Crippen molar-refractivity contribution in [3.63, 3.8) is 0 Å². The van der Waals surface area contributed by atoms with Gasteiger partial charge in [-0.1, -0.05) is 11.6 Å². The SMILES string of the molecule is Nc1cc(O)c(NP(N)(=O)O)c(Cl)c1. The van der Waals surface area contributed by atoms with Crippen molar-refractivity contribution >= 4 is 30.6 Å². The first-order valence-electron chi connectivity index (χ1n) is 3.47. The van der Waals surface area contributed by atoms with Crippen LogP contribution in [-0.4, -0.2) is 10.00 Å². The second-order valence-corrected chi connectivity index (χ2v) is 4.51. The molecule has 0 bridgehead atoms. The molecule has 1 atom stereocenters. The van der Waals surface area contributed by atoms with Crippen LogP contribution in [-0.2, 0) is 4.57 Å². The van der Waals surface area contributed by atoms with Crippen LogP contribution in [0.3, 0.4) is 0 Å². The number of hydrogen-bond acceptors (Lipinski definition) is 3. The summed E-state index contributed by atoms with van der Waals surface area (Å²) in [4.78, 5) is 8.81. The van der Waals surface area contributed by atoms with Crippen LogP contribution in [0.15, 0.2) is 12.1 Å². The zero-order chi connectivity index (χ0) is 10.9. The number of hydrogen-bond donors (Lipinski definition) is 5. The minimum absolute atomic E-state index is 0.0159. The van der Waals surface area contributed by atoms with E-state index in [4.69, 9.17) is 27.7 Å². The number of halogens is 1. The van der Waals surface area contributed by atoms with Crippen LogP contribution in [0.1, 0.15) is 0 Å². The molecule has 0 aliphatic rings. The zero-order valence-electron chi connectivity index (χ0n) is 6.94. The van der Waals surface area contributed by atoms with E-state index in [0.29, 0.717) is 0 Å². The number of aromatic hydroxyl groups is 1. The van der Waals surface area contributed by atoms with Crippen molar-refractivity contribution in [2.75, 3.05) is 10.8 Å². The molecule has 1 aromatic rings. The summed E-state index contributed by atoms with van der Waals surface area (Å²) in [5.41, 5.74) is 10.3. The number of phenols is 1. The first kappa shape index (κ1) is 11.1. The highest BCUT2D eigenvalue weighted by atomic mass is 35.5. The van der Waals surface area contributed by atoms with Crippen molar-refractivity contribution in [2.24, 2.45) is 5.50 Å². The molecule has 0 fully saturated rings. The van der Waals surface area contributed by atoms with Gasteiger partial charge in [-0.15, -0.1) is 0 Å². The molecule has 0 saturated heterocycles. The van der Waals surface area contributed by atoms with Crippen LogP contribution in [0.25, 0.3) is 0 Å². The number of phenolic OH excluding ortho intramolecular Hbond substituents is 1. The van der Waals surface area contributed by atoms with Crippen molar-refractivity contribution in [3.05, 3.63) is 17.2 Å². The van der Waals surface area contributed by atoms with Gasteiger partial charge in [-0.3, -0.25) is 5.09 Å². The third-order valence-electron chi connectivity index (χ3n) is 1.36. The number of rotatable bonds is 2. The Labute approximate surface area is 85.0 Å². The Morgan fingerprint density at radius 3 is 2.50 bits per heavy atom. The summed E-state index contributed by atoms with van der Waals surface area (Å²) in [7, 11) is -3.99. The third kappa shape index (κ3) is 2.78. The summed E-state index contributed by atoms with van der Waals surface area (Å²) in [5.74, 6) is -0.338. The van der Waals surface area contributed by atoms with Gasteiger partial charge in [-0.2, -0.15) is 0 Å². The van der Waals surface area contributed by atoms with Crippen LogP contribution in [0.4, 0.5) is 11.4 Å². The first-order valence-corrected chi connectivity index (χ1v) is 5.58. The molecule has 0 amide bonds. The number of nitrogens with two attached hydrogens (primary N) is 2. The van der Waals surface area contributed by atoms with E-state index in [1.165, 1.54) is 12.1 Å². The fourth-order valence-corrected chi connectivity index (χ4v) is 1.77. The molecule has 14 heavy (non-hydrogen) atoms. The summed E-state index contributed by atoms with van der Waals surface area (Å²) >= 11 is 5.65. The Bertz CT molecular complexity index is 382. The summed E-state index contributed by atoms with van der Waals surface area (Å²) in [6, 6.07) is 2.50. The van der Waals surface area contributed by atoms with Gasteiger partial charge in [-0.05, 0) is 6.07 Å². The van der Waals surface area contributed by atoms with Gasteiger partial charge >= 0.3 is 7.67 Å². The van der Waals surface area contributed by atoms with Gasteiger partial charge in [0.25, 0.3) is 0 Å². The second-order valence-electron chi connectivity index (χ2n) is 2.63. The molecular weight excluding hydrogens is 229 g/mol. The average Bonchev–Trinajstić information content (AvgIpc) is 1.95. The van der Waals surface area contributed by atoms with Gasteiger partial charge < -0.3 is 15.7 Å². The molecule has 0 radical (unpaired) electrons. The number of benzene rings is 1. The summed E-state index contributed by atoms with van der Waals surface area (Å²) in [6.07, 6.45) is 0. The summed E-state index contributed by atoms with van der Waals surface area (Å²) in [6.45, 7) is 0. The van der Waals surface area contributed by atoms with Crippen molar-refractivity contribution in [3.8, 4) is 5.75 Å². The smallest absolute Gasteiger partial charge is 0.360 e. The largest absolute Gasteiger partial charge is 0.506 e. The van der Waals surface area contributed by atoms with E-state index >= 15 is 0 Å². The number of nitrogens with one attached hydrogen (secondary N) is 1. The number of anilines is 2. The molecule has 0 aliphatic heterocycles. The lowest BCUT2D eigenvalue weighted by Gasteiger charge is -2.12. The minimum Gasteiger partial charge on any atom is -0.506 e. The molecule has 0 spiro atoms. The quantitative estimate of drug-likeness (QED) is 0.298. The highest BCUT2D eigenvalue weighted by Crippen LogP contribution is 2.41. The van der Waals surface area contributed by atoms with E-state index in [1.54, 1.807) is 0 Å². The van der Waals surface area contributed by atoms with E-state index in [2.05, 4.69) is 0 Å². The van der Waals surface area contributed by atoms with Gasteiger partial charge in [0.15, 0.2) is 0 Å². The molecule has 8 heteroatoms. The molecule has 1 aromatic carbocycles. The minimum atomic E-state index is -3.99. The van der Waals surface area contributed by atoms with E-state index in [0.717, 1.165) is 0 Å². The lowest BCUT2D eigenvalue weighted by Crippen LogP contribution is -2.05. The summed E-state index contributed by atoms with van der Waals surface area (Å²) < 4.78 is 10.8. The molecule has 0 heterocycles. The normalized spacial score (nSPS) is 14.8. The van der Waals surface area contributed by atoms with Crippen LogP contribution in [0, 0.1) is 0 Å². The fraction of sp³-hybridized carbons (Fsp3) is 0.